The standard InChI is InChI=1S/C15H24N2O3/c1-10-13(18)16-12(11-3-4-11)14(19)17(10)9-15(2)5-7-20-8-6-15/h10-12H,3-9H2,1-2H3,(H,16,18). The molecule has 2 unspecified atom stereocenters. The third-order valence-electron chi connectivity index (χ3n) is 5.04. The van der Waals surface area contributed by atoms with Crippen LogP contribution in [0.4, 0.5) is 0 Å². The van der Waals surface area contributed by atoms with Crippen molar-refractivity contribution >= 4 is 11.8 Å². The van der Waals surface area contributed by atoms with Crippen LogP contribution in [0.15, 0.2) is 0 Å². The molecular weight excluding hydrogens is 256 g/mol. The Balaban J connectivity index is 1.74. The van der Waals surface area contributed by atoms with Crippen LogP contribution in [0.2, 0.25) is 0 Å². The summed E-state index contributed by atoms with van der Waals surface area (Å²) in [6, 6.07) is -0.626. The van der Waals surface area contributed by atoms with E-state index >= 15 is 0 Å². The summed E-state index contributed by atoms with van der Waals surface area (Å²) in [6.07, 6.45) is 4.03. The number of carbonyl (C=O) groups is 2. The summed E-state index contributed by atoms with van der Waals surface area (Å²) in [5, 5.41) is 2.90. The SMILES string of the molecule is CC1C(=O)NC(C2CC2)C(=O)N1CC1(C)CCOCC1. The van der Waals surface area contributed by atoms with Crippen molar-refractivity contribution < 1.29 is 14.3 Å². The second kappa shape index (κ2) is 5.02. The highest BCUT2D eigenvalue weighted by atomic mass is 16.5. The molecule has 2 amide bonds. The highest BCUT2D eigenvalue weighted by molar-refractivity contribution is 5.97. The molecule has 1 saturated carbocycles. The van der Waals surface area contributed by atoms with Crippen molar-refractivity contribution in [1.82, 2.24) is 10.2 Å². The van der Waals surface area contributed by atoms with Crippen LogP contribution in [-0.4, -0.2) is 48.6 Å². The summed E-state index contributed by atoms with van der Waals surface area (Å²) in [5.74, 6) is 0.480. The number of amides is 2. The molecule has 112 valence electrons. The first kappa shape index (κ1) is 13.9. The fourth-order valence-corrected chi connectivity index (χ4v) is 3.24. The van der Waals surface area contributed by atoms with Gasteiger partial charge in [-0.15, -0.1) is 0 Å². The van der Waals surface area contributed by atoms with Gasteiger partial charge in [-0.05, 0) is 43.9 Å². The lowest BCUT2D eigenvalue weighted by Crippen LogP contribution is -2.64. The molecule has 0 bridgehead atoms. The van der Waals surface area contributed by atoms with Crippen LogP contribution in [0.25, 0.3) is 0 Å². The smallest absolute Gasteiger partial charge is 0.246 e. The van der Waals surface area contributed by atoms with Gasteiger partial charge in [0.15, 0.2) is 0 Å². The average Bonchev–Trinajstić information content (AvgIpc) is 3.24. The lowest BCUT2D eigenvalue weighted by Gasteiger charge is -2.44. The maximum absolute atomic E-state index is 12.7. The summed E-state index contributed by atoms with van der Waals surface area (Å²) < 4.78 is 5.42. The lowest BCUT2D eigenvalue weighted by molar-refractivity contribution is -0.152. The van der Waals surface area contributed by atoms with Crippen LogP contribution in [0.1, 0.15) is 39.5 Å². The van der Waals surface area contributed by atoms with Gasteiger partial charge in [0.1, 0.15) is 12.1 Å². The van der Waals surface area contributed by atoms with Crippen LogP contribution >= 0.6 is 0 Å². The Morgan fingerprint density at radius 3 is 2.55 bits per heavy atom. The Morgan fingerprint density at radius 1 is 1.30 bits per heavy atom. The molecule has 2 atom stereocenters. The largest absolute Gasteiger partial charge is 0.381 e. The number of hydrogen-bond donors (Lipinski definition) is 1. The van der Waals surface area contributed by atoms with Gasteiger partial charge in [-0.2, -0.15) is 0 Å². The molecular formula is C15H24N2O3. The zero-order chi connectivity index (χ0) is 14.3. The summed E-state index contributed by atoms with van der Waals surface area (Å²) in [5.41, 5.74) is 0.0773. The Hall–Kier alpha value is -1.10. The number of carbonyl (C=O) groups excluding carboxylic acids is 2. The molecule has 1 aliphatic carbocycles. The quantitative estimate of drug-likeness (QED) is 0.836. The van der Waals surface area contributed by atoms with Crippen molar-refractivity contribution in [2.45, 2.75) is 51.6 Å². The Morgan fingerprint density at radius 2 is 1.95 bits per heavy atom. The normalized spacial score (nSPS) is 34.0. The zero-order valence-corrected chi connectivity index (χ0v) is 12.4. The molecule has 2 heterocycles. The van der Waals surface area contributed by atoms with Crippen LogP contribution in [0.3, 0.4) is 0 Å². The number of ether oxygens (including phenoxy) is 1. The van der Waals surface area contributed by atoms with Gasteiger partial charge < -0.3 is 15.0 Å². The van der Waals surface area contributed by atoms with E-state index < -0.39 is 0 Å². The van der Waals surface area contributed by atoms with E-state index in [4.69, 9.17) is 4.74 Å². The average molecular weight is 280 g/mol. The predicted molar refractivity (Wildman–Crippen MR) is 74.0 cm³/mol. The Bertz CT molecular complexity index is 413. The van der Waals surface area contributed by atoms with E-state index in [1.807, 2.05) is 11.8 Å². The molecule has 5 heteroatoms. The van der Waals surface area contributed by atoms with Gasteiger partial charge in [0.05, 0.1) is 0 Å². The number of nitrogens with one attached hydrogen (secondary N) is 1. The van der Waals surface area contributed by atoms with Crippen molar-refractivity contribution in [3.8, 4) is 0 Å². The van der Waals surface area contributed by atoms with E-state index in [1.54, 1.807) is 0 Å². The molecule has 0 aromatic carbocycles. The molecule has 2 aliphatic heterocycles. The summed E-state index contributed by atoms with van der Waals surface area (Å²) >= 11 is 0. The van der Waals surface area contributed by atoms with E-state index in [0.717, 1.165) is 38.9 Å². The minimum atomic E-state index is -0.350. The summed E-state index contributed by atoms with van der Waals surface area (Å²) in [4.78, 5) is 26.6. The monoisotopic (exact) mass is 280 g/mol. The second-order valence-electron chi connectivity index (χ2n) is 6.89. The maximum Gasteiger partial charge on any atom is 0.246 e. The van der Waals surface area contributed by atoms with Crippen molar-refractivity contribution in [1.29, 1.82) is 0 Å². The fourth-order valence-electron chi connectivity index (χ4n) is 3.24. The number of nitrogens with zero attached hydrogens (tertiary/aromatic N) is 1. The van der Waals surface area contributed by atoms with Crippen LogP contribution in [0.5, 0.6) is 0 Å². The van der Waals surface area contributed by atoms with Crippen LogP contribution in [-0.2, 0) is 14.3 Å². The first-order chi connectivity index (χ1) is 9.50. The molecule has 0 spiro atoms. The Labute approximate surface area is 120 Å². The molecule has 5 nitrogen and oxygen atoms in total. The molecule has 0 aromatic heterocycles. The molecule has 1 N–H and O–H groups in total. The van der Waals surface area contributed by atoms with Crippen LogP contribution in [0, 0.1) is 11.3 Å². The summed E-state index contributed by atoms with van der Waals surface area (Å²) in [7, 11) is 0. The predicted octanol–water partition coefficient (Wildman–Crippen LogP) is 0.929. The number of rotatable bonds is 3. The Kier molecular flexibility index (Phi) is 3.48. The first-order valence-electron chi connectivity index (χ1n) is 7.69. The van der Waals surface area contributed by atoms with Gasteiger partial charge >= 0.3 is 0 Å². The van der Waals surface area contributed by atoms with Gasteiger partial charge in [-0.25, -0.2) is 0 Å². The molecule has 0 radical (unpaired) electrons. The van der Waals surface area contributed by atoms with E-state index in [9.17, 15) is 9.59 Å². The van der Waals surface area contributed by atoms with E-state index in [2.05, 4.69) is 12.2 Å². The molecule has 0 aromatic rings. The fraction of sp³-hybridized carbons (Fsp3) is 0.867. The van der Waals surface area contributed by atoms with E-state index in [1.165, 1.54) is 0 Å². The van der Waals surface area contributed by atoms with E-state index in [0.29, 0.717) is 12.5 Å². The molecule has 3 fully saturated rings. The van der Waals surface area contributed by atoms with E-state index in [-0.39, 0.29) is 29.3 Å². The molecule has 2 saturated heterocycles. The van der Waals surface area contributed by atoms with Crippen LogP contribution < -0.4 is 5.32 Å². The lowest BCUT2D eigenvalue weighted by atomic mass is 9.81. The van der Waals surface area contributed by atoms with Crippen molar-refractivity contribution in [3.63, 3.8) is 0 Å². The third-order valence-corrected chi connectivity index (χ3v) is 5.04. The minimum Gasteiger partial charge on any atom is -0.381 e. The minimum absolute atomic E-state index is 0.00263. The van der Waals surface area contributed by atoms with Crippen molar-refractivity contribution in [2.24, 2.45) is 11.3 Å². The van der Waals surface area contributed by atoms with Crippen molar-refractivity contribution in [3.05, 3.63) is 0 Å². The molecule has 3 rings (SSSR count). The number of piperazine rings is 1. The first-order valence-corrected chi connectivity index (χ1v) is 7.69. The van der Waals surface area contributed by atoms with Gasteiger partial charge in [-0.3, -0.25) is 9.59 Å². The van der Waals surface area contributed by atoms with Gasteiger partial charge in [-0.1, -0.05) is 6.92 Å². The third kappa shape index (κ3) is 2.55. The molecule has 3 aliphatic rings. The highest BCUT2D eigenvalue weighted by Crippen LogP contribution is 2.37. The van der Waals surface area contributed by atoms with Gasteiger partial charge in [0, 0.05) is 19.8 Å². The second-order valence-corrected chi connectivity index (χ2v) is 6.89. The maximum atomic E-state index is 12.7. The zero-order valence-electron chi connectivity index (χ0n) is 12.4. The van der Waals surface area contributed by atoms with Gasteiger partial charge in [0.25, 0.3) is 0 Å². The summed E-state index contributed by atoms with van der Waals surface area (Å²) in [6.45, 7) is 6.22. The highest BCUT2D eigenvalue weighted by Gasteiger charge is 2.47. The van der Waals surface area contributed by atoms with Crippen molar-refractivity contribution in [2.75, 3.05) is 19.8 Å². The molecule has 20 heavy (non-hydrogen) atoms. The topological polar surface area (TPSA) is 58.6 Å². The number of hydrogen-bond acceptors (Lipinski definition) is 3. The van der Waals surface area contributed by atoms with Gasteiger partial charge in [0.2, 0.25) is 11.8 Å².